The van der Waals surface area contributed by atoms with Crippen LogP contribution in [0.25, 0.3) is 11.1 Å². The van der Waals surface area contributed by atoms with Gasteiger partial charge in [-0.25, -0.2) is 0 Å². The van der Waals surface area contributed by atoms with Crippen molar-refractivity contribution in [2.75, 3.05) is 26.3 Å². The van der Waals surface area contributed by atoms with Crippen LogP contribution in [-0.4, -0.2) is 48.2 Å². The zero-order valence-electron chi connectivity index (χ0n) is 17.1. The summed E-state index contributed by atoms with van der Waals surface area (Å²) in [5.41, 5.74) is 2.09. The lowest BCUT2D eigenvalue weighted by molar-refractivity contribution is -0.274. The number of piperidine rings is 1. The summed E-state index contributed by atoms with van der Waals surface area (Å²) in [5.74, 6) is 0.473. The molecular formula is C23H25F3N2O3. The Labute approximate surface area is 178 Å². The standard InChI is InChI=1S/C23H25F3N2O3/c24-23(25,26)31-19-3-1-16(2-4-19)20-5-6-21-17-11-15(13-28(21)22(20)29)12-27(14-17)18-7-9-30-10-8-18/h1-6,15,17-18H,7-14H2/t15-,17+/m0/s1. The summed E-state index contributed by atoms with van der Waals surface area (Å²) < 4.78 is 48.5. The molecule has 2 bridgehead atoms. The molecule has 31 heavy (non-hydrogen) atoms. The van der Waals surface area contributed by atoms with Gasteiger partial charge in [0.25, 0.3) is 5.56 Å². The Morgan fingerprint density at radius 1 is 0.968 bits per heavy atom. The van der Waals surface area contributed by atoms with E-state index in [9.17, 15) is 18.0 Å². The lowest BCUT2D eigenvalue weighted by Gasteiger charge is -2.46. The molecule has 2 aromatic rings. The van der Waals surface area contributed by atoms with E-state index in [1.807, 2.05) is 16.7 Å². The molecule has 0 aliphatic carbocycles. The Bertz CT molecular complexity index is 997. The molecule has 166 valence electrons. The predicted molar refractivity (Wildman–Crippen MR) is 109 cm³/mol. The number of ether oxygens (including phenoxy) is 2. The Hall–Kier alpha value is -2.32. The highest BCUT2D eigenvalue weighted by Crippen LogP contribution is 2.37. The first kappa shape index (κ1) is 20.6. The smallest absolute Gasteiger partial charge is 0.406 e. The highest BCUT2D eigenvalue weighted by atomic mass is 19.4. The molecule has 5 rings (SSSR count). The normalized spacial score (nSPS) is 24.6. The van der Waals surface area contributed by atoms with Crippen molar-refractivity contribution in [2.24, 2.45) is 5.92 Å². The number of benzene rings is 1. The number of halogens is 3. The van der Waals surface area contributed by atoms with Crippen LogP contribution in [0, 0.1) is 5.92 Å². The van der Waals surface area contributed by atoms with Crippen LogP contribution < -0.4 is 10.3 Å². The number of hydrogen-bond donors (Lipinski definition) is 0. The van der Waals surface area contributed by atoms with E-state index in [0.717, 1.165) is 51.3 Å². The fraction of sp³-hybridized carbons (Fsp3) is 0.522. The van der Waals surface area contributed by atoms with Gasteiger partial charge in [-0.1, -0.05) is 12.1 Å². The van der Waals surface area contributed by atoms with Crippen molar-refractivity contribution in [1.29, 1.82) is 0 Å². The van der Waals surface area contributed by atoms with E-state index in [1.165, 1.54) is 24.3 Å². The van der Waals surface area contributed by atoms with Gasteiger partial charge < -0.3 is 14.0 Å². The second kappa shape index (κ2) is 7.98. The van der Waals surface area contributed by atoms with Crippen molar-refractivity contribution in [2.45, 2.75) is 44.1 Å². The van der Waals surface area contributed by atoms with Gasteiger partial charge in [-0.2, -0.15) is 0 Å². The molecule has 2 atom stereocenters. The molecule has 2 saturated heterocycles. The van der Waals surface area contributed by atoms with E-state index in [2.05, 4.69) is 9.64 Å². The van der Waals surface area contributed by atoms with Crippen molar-refractivity contribution < 1.29 is 22.6 Å². The van der Waals surface area contributed by atoms with E-state index in [-0.39, 0.29) is 11.3 Å². The van der Waals surface area contributed by atoms with Crippen LogP contribution in [0.3, 0.4) is 0 Å². The van der Waals surface area contributed by atoms with E-state index in [4.69, 9.17) is 4.74 Å². The fourth-order valence-electron chi connectivity index (χ4n) is 5.39. The van der Waals surface area contributed by atoms with Crippen molar-refractivity contribution in [3.63, 3.8) is 0 Å². The van der Waals surface area contributed by atoms with Gasteiger partial charge in [-0.15, -0.1) is 13.2 Å². The van der Waals surface area contributed by atoms with Crippen molar-refractivity contribution >= 4 is 0 Å². The van der Waals surface area contributed by atoms with Crippen LogP contribution in [0.5, 0.6) is 5.75 Å². The van der Waals surface area contributed by atoms with Gasteiger partial charge in [-0.05, 0) is 55.0 Å². The number of nitrogens with zero attached hydrogens (tertiary/aromatic N) is 2. The number of fused-ring (bicyclic) bond motifs is 4. The average molecular weight is 434 g/mol. The number of alkyl halides is 3. The summed E-state index contributed by atoms with van der Waals surface area (Å²) in [4.78, 5) is 15.8. The maximum atomic E-state index is 13.3. The summed E-state index contributed by atoms with van der Waals surface area (Å²) in [6.45, 7) is 4.29. The highest BCUT2D eigenvalue weighted by molar-refractivity contribution is 5.63. The summed E-state index contributed by atoms with van der Waals surface area (Å²) >= 11 is 0. The van der Waals surface area contributed by atoms with Crippen LogP contribution in [-0.2, 0) is 11.3 Å². The number of rotatable bonds is 3. The Morgan fingerprint density at radius 3 is 2.42 bits per heavy atom. The van der Waals surface area contributed by atoms with E-state index >= 15 is 0 Å². The summed E-state index contributed by atoms with van der Waals surface area (Å²) in [7, 11) is 0. The number of pyridine rings is 1. The second-order valence-electron chi connectivity index (χ2n) is 8.76. The minimum Gasteiger partial charge on any atom is -0.406 e. The molecule has 0 unspecified atom stereocenters. The molecule has 1 aromatic carbocycles. The van der Waals surface area contributed by atoms with Gasteiger partial charge in [0, 0.05) is 56.1 Å². The van der Waals surface area contributed by atoms with Gasteiger partial charge in [0.2, 0.25) is 0 Å². The minimum absolute atomic E-state index is 0.0730. The van der Waals surface area contributed by atoms with E-state index in [0.29, 0.717) is 35.5 Å². The lowest BCUT2D eigenvalue weighted by Crippen LogP contribution is -2.51. The maximum absolute atomic E-state index is 13.3. The number of aromatic nitrogens is 1. The van der Waals surface area contributed by atoms with Gasteiger partial charge in [0.05, 0.1) is 0 Å². The fourth-order valence-corrected chi connectivity index (χ4v) is 5.39. The van der Waals surface area contributed by atoms with Crippen molar-refractivity contribution in [3.8, 4) is 16.9 Å². The average Bonchev–Trinajstić information content (AvgIpc) is 2.75. The second-order valence-corrected chi connectivity index (χ2v) is 8.76. The molecule has 0 amide bonds. The van der Waals surface area contributed by atoms with Crippen LogP contribution in [0.2, 0.25) is 0 Å². The predicted octanol–water partition coefficient (Wildman–Crippen LogP) is 4.01. The molecule has 5 nitrogen and oxygen atoms in total. The molecular weight excluding hydrogens is 409 g/mol. The van der Waals surface area contributed by atoms with Gasteiger partial charge >= 0.3 is 6.36 Å². The molecule has 0 N–H and O–H groups in total. The maximum Gasteiger partial charge on any atom is 0.573 e. The molecule has 0 saturated carbocycles. The minimum atomic E-state index is -4.73. The topological polar surface area (TPSA) is 43.7 Å². The van der Waals surface area contributed by atoms with Gasteiger partial charge in [0.15, 0.2) is 0 Å². The molecule has 0 spiro atoms. The third-order valence-corrected chi connectivity index (χ3v) is 6.74. The zero-order chi connectivity index (χ0) is 21.6. The molecule has 8 heteroatoms. The zero-order valence-corrected chi connectivity index (χ0v) is 17.1. The summed E-state index contributed by atoms with van der Waals surface area (Å²) in [6.07, 6.45) is -1.50. The molecule has 2 fully saturated rings. The van der Waals surface area contributed by atoms with Crippen LogP contribution in [0.15, 0.2) is 41.2 Å². The van der Waals surface area contributed by atoms with Crippen molar-refractivity contribution in [1.82, 2.24) is 9.47 Å². The first-order valence-corrected chi connectivity index (χ1v) is 10.8. The third-order valence-electron chi connectivity index (χ3n) is 6.74. The Kier molecular flexibility index (Phi) is 5.30. The third kappa shape index (κ3) is 4.23. The van der Waals surface area contributed by atoms with Gasteiger partial charge in [0.1, 0.15) is 5.75 Å². The van der Waals surface area contributed by atoms with Gasteiger partial charge in [-0.3, -0.25) is 9.69 Å². The Balaban J connectivity index is 1.39. The quantitative estimate of drug-likeness (QED) is 0.732. The molecule has 3 aliphatic rings. The highest BCUT2D eigenvalue weighted by Gasteiger charge is 2.37. The summed E-state index contributed by atoms with van der Waals surface area (Å²) in [5, 5.41) is 0. The monoisotopic (exact) mass is 434 g/mol. The lowest BCUT2D eigenvalue weighted by atomic mass is 9.81. The largest absolute Gasteiger partial charge is 0.573 e. The van der Waals surface area contributed by atoms with E-state index in [1.54, 1.807) is 0 Å². The molecule has 1 aromatic heterocycles. The van der Waals surface area contributed by atoms with Crippen LogP contribution in [0.4, 0.5) is 13.2 Å². The van der Waals surface area contributed by atoms with E-state index < -0.39 is 6.36 Å². The first-order valence-electron chi connectivity index (χ1n) is 10.8. The van der Waals surface area contributed by atoms with Crippen LogP contribution >= 0.6 is 0 Å². The van der Waals surface area contributed by atoms with Crippen molar-refractivity contribution in [3.05, 3.63) is 52.4 Å². The first-order chi connectivity index (χ1) is 14.9. The SMILES string of the molecule is O=c1c(-c2ccc(OC(F)(F)F)cc2)ccc2n1C[C@H]1C[C@@H]2CN(C2CCOCC2)C1. The molecule has 0 radical (unpaired) electrons. The number of likely N-dealkylation sites (tertiary alicyclic amines) is 1. The molecule has 3 aliphatic heterocycles. The number of hydrogen-bond acceptors (Lipinski definition) is 4. The van der Waals surface area contributed by atoms with Crippen LogP contribution in [0.1, 0.15) is 30.9 Å². The Morgan fingerprint density at radius 2 is 1.71 bits per heavy atom. The summed E-state index contributed by atoms with van der Waals surface area (Å²) in [6, 6.07) is 9.88. The molecule has 4 heterocycles.